The molecule has 1 amide bonds. The first-order valence-electron chi connectivity index (χ1n) is 9.12. The summed E-state index contributed by atoms with van der Waals surface area (Å²) < 4.78 is 50.3. The molecule has 0 bridgehead atoms. The van der Waals surface area contributed by atoms with E-state index < -0.39 is 24.5 Å². The van der Waals surface area contributed by atoms with Crippen molar-refractivity contribution in [1.82, 2.24) is 9.80 Å². The van der Waals surface area contributed by atoms with Crippen LogP contribution in [0.25, 0.3) is 0 Å². The summed E-state index contributed by atoms with van der Waals surface area (Å²) in [6.45, 7) is 1.03. The molecule has 2 saturated heterocycles. The van der Waals surface area contributed by atoms with Gasteiger partial charge in [0, 0.05) is 24.8 Å². The number of cyclic esters (lactones) is 1. The number of methoxy groups -OCH3 is 1. The van der Waals surface area contributed by atoms with E-state index in [-0.39, 0.29) is 18.4 Å². The highest BCUT2D eigenvalue weighted by molar-refractivity contribution is 7.80. The summed E-state index contributed by atoms with van der Waals surface area (Å²) in [6, 6.07) is 4.32. The number of nitrogens with one attached hydrogen (secondary N) is 1. The number of hydrogen-bond donors (Lipinski definition) is 1. The lowest BCUT2D eigenvalue weighted by atomic mass is 10.0. The van der Waals surface area contributed by atoms with E-state index >= 15 is 0 Å². The Morgan fingerprint density at radius 3 is 2.43 bits per heavy atom. The van der Waals surface area contributed by atoms with Gasteiger partial charge in [0.2, 0.25) is 0 Å². The van der Waals surface area contributed by atoms with Gasteiger partial charge in [0.05, 0.1) is 7.11 Å². The quantitative estimate of drug-likeness (QED) is 0.558. The maximum Gasteiger partial charge on any atom is 0.573 e. The first-order chi connectivity index (χ1) is 14.2. The number of rotatable bonds is 4. The number of hydrogen-bond acceptors (Lipinski definition) is 6. The third kappa shape index (κ3) is 5.23. The second kappa shape index (κ2) is 8.94. The molecule has 1 aromatic rings. The molecule has 12 heteroatoms. The SMILES string of the molecule is COC(=O)[C@@H]1COC(=O)N1C1CCN(C(=S)Nc2ccc(OC(F)(F)F)cc2)CC1. The molecule has 0 saturated carbocycles. The van der Waals surface area contributed by atoms with E-state index in [1.54, 1.807) is 0 Å². The molecule has 3 rings (SSSR count). The molecule has 1 N–H and O–H groups in total. The average molecular weight is 447 g/mol. The van der Waals surface area contributed by atoms with Gasteiger partial charge in [-0.2, -0.15) is 0 Å². The van der Waals surface area contributed by atoms with Crippen LogP contribution >= 0.6 is 12.2 Å². The highest BCUT2D eigenvalue weighted by atomic mass is 32.1. The number of esters is 1. The van der Waals surface area contributed by atoms with Gasteiger partial charge in [-0.25, -0.2) is 9.59 Å². The van der Waals surface area contributed by atoms with E-state index in [9.17, 15) is 22.8 Å². The summed E-state index contributed by atoms with van der Waals surface area (Å²) >= 11 is 5.38. The number of carbonyl (C=O) groups is 2. The lowest BCUT2D eigenvalue weighted by molar-refractivity contribution is -0.274. The minimum atomic E-state index is -4.75. The summed E-state index contributed by atoms with van der Waals surface area (Å²) in [5.74, 6) is -0.837. The van der Waals surface area contributed by atoms with E-state index in [0.717, 1.165) is 0 Å². The van der Waals surface area contributed by atoms with Gasteiger partial charge in [-0.05, 0) is 49.3 Å². The van der Waals surface area contributed by atoms with Crippen LogP contribution in [0.15, 0.2) is 24.3 Å². The van der Waals surface area contributed by atoms with Crippen molar-refractivity contribution in [2.75, 3.05) is 32.1 Å². The van der Waals surface area contributed by atoms with Gasteiger partial charge in [-0.1, -0.05) is 0 Å². The number of amides is 1. The van der Waals surface area contributed by atoms with Crippen LogP contribution in [0.2, 0.25) is 0 Å². The third-order valence-corrected chi connectivity index (χ3v) is 5.23. The normalized spacial score (nSPS) is 20.0. The fourth-order valence-electron chi connectivity index (χ4n) is 3.44. The van der Waals surface area contributed by atoms with Crippen LogP contribution in [0.5, 0.6) is 5.75 Å². The first-order valence-corrected chi connectivity index (χ1v) is 9.53. The Kier molecular flexibility index (Phi) is 6.54. The van der Waals surface area contributed by atoms with Crippen LogP contribution < -0.4 is 10.1 Å². The zero-order valence-electron chi connectivity index (χ0n) is 16.0. The fourth-order valence-corrected chi connectivity index (χ4v) is 3.74. The van der Waals surface area contributed by atoms with Crippen LogP contribution in [0.4, 0.5) is 23.7 Å². The van der Waals surface area contributed by atoms with Crippen molar-refractivity contribution in [2.24, 2.45) is 0 Å². The van der Waals surface area contributed by atoms with Gasteiger partial charge in [-0.3, -0.25) is 4.90 Å². The number of anilines is 1. The highest BCUT2D eigenvalue weighted by Gasteiger charge is 2.43. The molecule has 2 aliphatic heterocycles. The van der Waals surface area contributed by atoms with Crippen LogP contribution in [-0.2, 0) is 14.3 Å². The molecule has 0 unspecified atom stereocenters. The number of thiocarbonyl (C=S) groups is 1. The van der Waals surface area contributed by atoms with Crippen molar-refractivity contribution in [3.05, 3.63) is 24.3 Å². The number of likely N-dealkylation sites (tertiary alicyclic amines) is 1. The lowest BCUT2D eigenvalue weighted by Crippen LogP contribution is -2.52. The van der Waals surface area contributed by atoms with Crippen molar-refractivity contribution in [3.63, 3.8) is 0 Å². The van der Waals surface area contributed by atoms with Crippen LogP contribution in [0.1, 0.15) is 12.8 Å². The Bertz CT molecular complexity index is 797. The van der Waals surface area contributed by atoms with Crippen molar-refractivity contribution < 1.29 is 37.0 Å². The fraction of sp³-hybridized carbons (Fsp3) is 0.500. The smallest absolute Gasteiger partial charge is 0.467 e. The standard InChI is InChI=1S/C18H20F3N3O5S/c1-27-15(25)14-10-28-17(26)24(14)12-6-8-23(9-7-12)16(30)22-11-2-4-13(5-3-11)29-18(19,20)21/h2-5,12,14H,6-10H2,1H3,(H,22,30)/t14-/m0/s1. The van der Waals surface area contributed by atoms with Gasteiger partial charge in [0.1, 0.15) is 12.4 Å². The Labute approximate surface area is 175 Å². The van der Waals surface area contributed by atoms with Crippen LogP contribution in [-0.4, -0.2) is 72.2 Å². The van der Waals surface area contributed by atoms with Crippen molar-refractivity contribution >= 4 is 35.1 Å². The highest BCUT2D eigenvalue weighted by Crippen LogP contribution is 2.26. The van der Waals surface area contributed by atoms with E-state index in [4.69, 9.17) is 21.7 Å². The number of nitrogens with zero attached hydrogens (tertiary/aromatic N) is 2. The van der Waals surface area contributed by atoms with E-state index in [1.165, 1.54) is 36.3 Å². The maximum absolute atomic E-state index is 12.2. The first kappa shape index (κ1) is 21.9. The molecule has 2 heterocycles. The largest absolute Gasteiger partial charge is 0.573 e. The van der Waals surface area contributed by atoms with Gasteiger partial charge in [0.25, 0.3) is 0 Å². The van der Waals surface area contributed by atoms with Gasteiger partial charge < -0.3 is 24.4 Å². The predicted molar refractivity (Wildman–Crippen MR) is 103 cm³/mol. The Hall–Kier alpha value is -2.76. The van der Waals surface area contributed by atoms with Crippen molar-refractivity contribution in [3.8, 4) is 5.75 Å². The number of piperidine rings is 1. The van der Waals surface area contributed by atoms with Crippen LogP contribution in [0.3, 0.4) is 0 Å². The molecular formula is C18H20F3N3O5S. The topological polar surface area (TPSA) is 80.3 Å². The summed E-state index contributed by atoms with van der Waals surface area (Å²) in [4.78, 5) is 27.2. The minimum Gasteiger partial charge on any atom is -0.467 e. The summed E-state index contributed by atoms with van der Waals surface area (Å²) in [7, 11) is 1.26. The second-order valence-corrected chi connectivity index (χ2v) is 7.13. The molecule has 30 heavy (non-hydrogen) atoms. The van der Waals surface area contributed by atoms with E-state index in [0.29, 0.717) is 36.7 Å². The molecule has 1 aromatic carbocycles. The van der Waals surface area contributed by atoms with Crippen LogP contribution in [0, 0.1) is 0 Å². The molecule has 0 aromatic heterocycles. The van der Waals surface area contributed by atoms with E-state index in [2.05, 4.69) is 10.1 Å². The lowest BCUT2D eigenvalue weighted by Gasteiger charge is -2.38. The Morgan fingerprint density at radius 1 is 1.23 bits per heavy atom. The van der Waals surface area contributed by atoms with E-state index in [1.807, 2.05) is 4.90 Å². The summed E-state index contributed by atoms with van der Waals surface area (Å²) in [5.41, 5.74) is 0.519. The molecular weight excluding hydrogens is 427 g/mol. The number of alkyl halides is 3. The monoisotopic (exact) mass is 447 g/mol. The number of carbonyl (C=O) groups excluding carboxylic acids is 2. The molecule has 1 atom stereocenters. The van der Waals surface area contributed by atoms with Gasteiger partial charge >= 0.3 is 18.4 Å². The third-order valence-electron chi connectivity index (χ3n) is 4.87. The summed E-state index contributed by atoms with van der Waals surface area (Å²) in [5, 5.41) is 3.38. The Balaban J connectivity index is 1.53. The molecule has 2 aliphatic rings. The molecule has 164 valence electrons. The van der Waals surface area contributed by atoms with Gasteiger partial charge in [0.15, 0.2) is 11.2 Å². The molecule has 8 nitrogen and oxygen atoms in total. The molecule has 0 radical (unpaired) electrons. The minimum absolute atomic E-state index is 0.0280. The summed E-state index contributed by atoms with van der Waals surface area (Å²) in [6.07, 6.45) is -4.14. The average Bonchev–Trinajstić information content (AvgIpc) is 3.09. The number of benzene rings is 1. The van der Waals surface area contributed by atoms with Gasteiger partial charge in [-0.15, -0.1) is 13.2 Å². The molecule has 0 aliphatic carbocycles. The Morgan fingerprint density at radius 2 is 1.87 bits per heavy atom. The number of ether oxygens (including phenoxy) is 3. The van der Waals surface area contributed by atoms with Crippen molar-refractivity contribution in [2.45, 2.75) is 31.3 Å². The number of halogens is 3. The maximum atomic E-state index is 12.2. The zero-order valence-corrected chi connectivity index (χ0v) is 16.8. The van der Waals surface area contributed by atoms with Crippen molar-refractivity contribution in [1.29, 1.82) is 0 Å². The second-order valence-electron chi connectivity index (χ2n) is 6.74. The molecule has 0 spiro atoms. The molecule has 2 fully saturated rings. The zero-order chi connectivity index (χ0) is 21.9. The predicted octanol–water partition coefficient (Wildman–Crippen LogP) is 2.74.